The number of rotatable bonds is 4. The summed E-state index contributed by atoms with van der Waals surface area (Å²) in [5, 5.41) is 11.4. The molecular formula is C14H17F2N3O5S. The molecule has 0 amide bonds. The maximum Gasteiger partial charge on any atom is 0.341 e. The molecule has 11 heteroatoms. The normalized spacial score (nSPS) is 24.6. The summed E-state index contributed by atoms with van der Waals surface area (Å²) in [6.45, 7) is 2.21. The third-order valence-electron chi connectivity index (χ3n) is 4.63. The van der Waals surface area contributed by atoms with Crippen LogP contribution in [0.25, 0.3) is 0 Å². The van der Waals surface area contributed by atoms with E-state index in [0.717, 1.165) is 12.6 Å². The molecule has 138 valence electrons. The van der Waals surface area contributed by atoms with Crippen LogP contribution in [-0.2, 0) is 14.6 Å². The lowest BCUT2D eigenvalue weighted by molar-refractivity contribution is -0.384. The summed E-state index contributed by atoms with van der Waals surface area (Å²) >= 11 is 0. The van der Waals surface area contributed by atoms with E-state index in [-0.39, 0.29) is 17.8 Å². The topological polar surface area (TPSA) is 93.0 Å². The van der Waals surface area contributed by atoms with Crippen LogP contribution in [0.5, 0.6) is 0 Å². The minimum absolute atomic E-state index is 0.0674. The second-order valence-electron chi connectivity index (χ2n) is 6.08. The van der Waals surface area contributed by atoms with Gasteiger partial charge in [0.25, 0.3) is 5.69 Å². The summed E-state index contributed by atoms with van der Waals surface area (Å²) in [4.78, 5) is 13.7. The first kappa shape index (κ1) is 18.0. The Morgan fingerprint density at radius 3 is 2.68 bits per heavy atom. The van der Waals surface area contributed by atoms with Gasteiger partial charge in [-0.05, 0) is 19.2 Å². The molecule has 0 bridgehead atoms. The van der Waals surface area contributed by atoms with Gasteiger partial charge in [0.05, 0.1) is 28.6 Å². The summed E-state index contributed by atoms with van der Waals surface area (Å²) in [7, 11) is -2.95. The molecule has 2 unspecified atom stereocenters. The SMILES string of the molecule is CN1CCOC2CN(c3ccc(S(=O)(=O)C(F)F)cc3[N+](=O)[O-])CC21. The van der Waals surface area contributed by atoms with Crippen molar-refractivity contribution in [1.82, 2.24) is 4.90 Å². The minimum atomic E-state index is -4.89. The lowest BCUT2D eigenvalue weighted by Gasteiger charge is -2.33. The number of nitrogens with zero attached hydrogens (tertiary/aromatic N) is 3. The first-order valence-corrected chi connectivity index (χ1v) is 9.13. The van der Waals surface area contributed by atoms with Crippen LogP contribution in [-0.4, -0.2) is 69.4 Å². The number of benzene rings is 1. The highest BCUT2D eigenvalue weighted by Gasteiger charge is 2.40. The predicted molar refractivity (Wildman–Crippen MR) is 84.7 cm³/mol. The van der Waals surface area contributed by atoms with Crippen molar-refractivity contribution in [3.8, 4) is 0 Å². The van der Waals surface area contributed by atoms with Gasteiger partial charge in [0, 0.05) is 25.7 Å². The number of halogens is 2. The molecule has 2 aliphatic heterocycles. The first-order valence-electron chi connectivity index (χ1n) is 7.59. The number of ether oxygens (including phenoxy) is 1. The van der Waals surface area contributed by atoms with Crippen molar-refractivity contribution in [2.75, 3.05) is 38.2 Å². The van der Waals surface area contributed by atoms with Gasteiger partial charge in [-0.1, -0.05) is 0 Å². The van der Waals surface area contributed by atoms with E-state index in [9.17, 15) is 27.3 Å². The standard InChI is InChI=1S/C14H17F2N3O5S/c1-17-4-5-24-13-8-18(7-12(13)17)10-3-2-9(6-11(10)19(20)21)25(22,23)14(15)16/h2-3,6,12-14H,4-5,7-8H2,1H3. The molecule has 2 fully saturated rings. The molecule has 25 heavy (non-hydrogen) atoms. The van der Waals surface area contributed by atoms with Crippen LogP contribution < -0.4 is 4.90 Å². The van der Waals surface area contributed by atoms with Gasteiger partial charge in [-0.25, -0.2) is 8.42 Å². The Kier molecular flexibility index (Phi) is 4.64. The van der Waals surface area contributed by atoms with Crippen molar-refractivity contribution in [3.05, 3.63) is 28.3 Å². The van der Waals surface area contributed by atoms with Gasteiger partial charge in [-0.3, -0.25) is 15.0 Å². The van der Waals surface area contributed by atoms with Crippen LogP contribution in [0.1, 0.15) is 0 Å². The zero-order valence-corrected chi connectivity index (χ0v) is 14.2. The number of sulfone groups is 1. The molecule has 0 radical (unpaired) electrons. The number of nitro groups is 1. The average Bonchev–Trinajstić information content (AvgIpc) is 2.99. The number of alkyl halides is 2. The van der Waals surface area contributed by atoms with Gasteiger partial charge >= 0.3 is 5.76 Å². The van der Waals surface area contributed by atoms with Gasteiger partial charge in [0.15, 0.2) is 0 Å². The van der Waals surface area contributed by atoms with Gasteiger partial charge in [-0.15, -0.1) is 0 Å². The molecule has 2 aliphatic rings. The van der Waals surface area contributed by atoms with E-state index in [1.54, 1.807) is 4.90 Å². The zero-order valence-electron chi connectivity index (χ0n) is 13.3. The predicted octanol–water partition coefficient (Wildman–Crippen LogP) is 1.11. The fourth-order valence-corrected chi connectivity index (χ4v) is 3.99. The Hall–Kier alpha value is -1.85. The summed E-state index contributed by atoms with van der Waals surface area (Å²) in [6.07, 6.45) is -0.108. The molecule has 0 saturated carbocycles. The van der Waals surface area contributed by atoms with Crippen molar-refractivity contribution in [1.29, 1.82) is 0 Å². The van der Waals surface area contributed by atoms with E-state index >= 15 is 0 Å². The third-order valence-corrected chi connectivity index (χ3v) is 6.01. The number of likely N-dealkylation sites (N-methyl/N-ethyl adjacent to an activating group) is 1. The number of hydrogen-bond donors (Lipinski definition) is 0. The molecule has 2 saturated heterocycles. The molecule has 3 rings (SSSR count). The molecule has 0 aromatic heterocycles. The first-order chi connectivity index (χ1) is 11.7. The Morgan fingerprint density at radius 1 is 1.36 bits per heavy atom. The van der Waals surface area contributed by atoms with Crippen LogP contribution in [0.2, 0.25) is 0 Å². The van der Waals surface area contributed by atoms with Gasteiger partial charge < -0.3 is 9.64 Å². The van der Waals surface area contributed by atoms with Crippen molar-refractivity contribution in [2.45, 2.75) is 22.8 Å². The molecule has 1 aromatic carbocycles. The Labute approximate surface area is 143 Å². The molecule has 2 atom stereocenters. The van der Waals surface area contributed by atoms with Crippen LogP contribution in [0.3, 0.4) is 0 Å². The van der Waals surface area contributed by atoms with E-state index in [1.807, 2.05) is 7.05 Å². The van der Waals surface area contributed by atoms with E-state index < -0.39 is 31.1 Å². The average molecular weight is 377 g/mol. The van der Waals surface area contributed by atoms with Crippen molar-refractivity contribution in [2.24, 2.45) is 0 Å². The van der Waals surface area contributed by atoms with Crippen molar-refractivity contribution in [3.63, 3.8) is 0 Å². The van der Waals surface area contributed by atoms with Crippen LogP contribution >= 0.6 is 0 Å². The smallest absolute Gasteiger partial charge is 0.341 e. The maximum atomic E-state index is 12.7. The van der Waals surface area contributed by atoms with Gasteiger partial charge in [0.1, 0.15) is 5.69 Å². The molecular weight excluding hydrogens is 360 g/mol. The Bertz CT molecular complexity index is 789. The van der Waals surface area contributed by atoms with Crippen LogP contribution in [0.15, 0.2) is 23.1 Å². The molecule has 0 spiro atoms. The second-order valence-corrected chi connectivity index (χ2v) is 7.99. The number of nitro benzene ring substituents is 1. The number of fused-ring (bicyclic) bond motifs is 1. The molecule has 0 N–H and O–H groups in total. The highest BCUT2D eigenvalue weighted by atomic mass is 32.2. The highest BCUT2D eigenvalue weighted by molar-refractivity contribution is 7.91. The Balaban J connectivity index is 1.96. The van der Waals surface area contributed by atoms with Crippen LogP contribution in [0.4, 0.5) is 20.2 Å². The second kappa shape index (κ2) is 6.46. The largest absolute Gasteiger partial charge is 0.373 e. The van der Waals surface area contributed by atoms with E-state index in [1.165, 1.54) is 6.07 Å². The van der Waals surface area contributed by atoms with Crippen LogP contribution in [0, 0.1) is 10.1 Å². The van der Waals surface area contributed by atoms with E-state index in [4.69, 9.17) is 4.74 Å². The molecule has 0 aliphatic carbocycles. The van der Waals surface area contributed by atoms with Crippen molar-refractivity contribution >= 4 is 21.2 Å². The minimum Gasteiger partial charge on any atom is -0.373 e. The molecule has 8 nitrogen and oxygen atoms in total. The van der Waals surface area contributed by atoms with E-state index in [0.29, 0.717) is 25.8 Å². The summed E-state index contributed by atoms with van der Waals surface area (Å²) in [6, 6.07) is 2.96. The van der Waals surface area contributed by atoms with Gasteiger partial charge in [0.2, 0.25) is 9.84 Å². The lowest BCUT2D eigenvalue weighted by Crippen LogP contribution is -2.48. The quantitative estimate of drug-likeness (QED) is 0.573. The lowest BCUT2D eigenvalue weighted by atomic mass is 10.1. The number of anilines is 1. The number of morpholine rings is 1. The summed E-state index contributed by atoms with van der Waals surface area (Å²) in [5.74, 6) is -3.63. The fourth-order valence-electron chi connectivity index (χ4n) is 3.25. The summed E-state index contributed by atoms with van der Waals surface area (Å²) in [5.41, 5.74) is -0.312. The highest BCUT2D eigenvalue weighted by Crippen LogP contribution is 2.35. The third kappa shape index (κ3) is 3.18. The number of hydrogen-bond acceptors (Lipinski definition) is 7. The van der Waals surface area contributed by atoms with E-state index in [2.05, 4.69) is 4.90 Å². The monoisotopic (exact) mass is 377 g/mol. The summed E-state index contributed by atoms with van der Waals surface area (Å²) < 4.78 is 54.2. The zero-order chi connectivity index (χ0) is 18.4. The molecule has 1 aromatic rings. The fraction of sp³-hybridized carbons (Fsp3) is 0.571. The van der Waals surface area contributed by atoms with Gasteiger partial charge in [-0.2, -0.15) is 8.78 Å². The van der Waals surface area contributed by atoms with Crippen molar-refractivity contribution < 1.29 is 26.9 Å². The Morgan fingerprint density at radius 2 is 2.08 bits per heavy atom. The molecule has 2 heterocycles. The maximum absolute atomic E-state index is 12.7.